The zero-order valence-corrected chi connectivity index (χ0v) is 9.14. The van der Waals surface area contributed by atoms with Crippen LogP contribution in [0.3, 0.4) is 0 Å². The first-order chi connectivity index (χ1) is 7.05. The van der Waals surface area contributed by atoms with Gasteiger partial charge in [-0.3, -0.25) is 14.7 Å². The lowest BCUT2D eigenvalue weighted by Crippen LogP contribution is -2.12. The molecule has 82 valence electrons. The lowest BCUT2D eigenvalue weighted by molar-refractivity contribution is -0.383. The molecule has 1 aromatic rings. The maximum absolute atomic E-state index is 11.9. The highest BCUT2D eigenvalue weighted by Crippen LogP contribution is 2.47. The van der Waals surface area contributed by atoms with Crippen molar-refractivity contribution in [1.82, 2.24) is 0 Å². The van der Waals surface area contributed by atoms with E-state index in [0.29, 0.717) is 0 Å². The number of nitro groups is 1. The number of nitro benzene ring substituents is 1. The number of hydrogen-bond donors (Lipinski definition) is 0. The van der Waals surface area contributed by atoms with E-state index >= 15 is 0 Å². The van der Waals surface area contributed by atoms with Crippen molar-refractivity contribution in [2.75, 3.05) is 14.2 Å². The van der Waals surface area contributed by atoms with Crippen LogP contribution in [0.5, 0.6) is 0 Å². The molecule has 6 nitrogen and oxygen atoms in total. The molecule has 0 heterocycles. The minimum Gasteiger partial charge on any atom is -0.308 e. The van der Waals surface area contributed by atoms with Gasteiger partial charge in [0.1, 0.15) is 5.30 Å². The third kappa shape index (κ3) is 2.23. The Morgan fingerprint density at radius 2 is 1.80 bits per heavy atom. The second kappa shape index (κ2) is 4.53. The van der Waals surface area contributed by atoms with Crippen molar-refractivity contribution in [3.8, 4) is 0 Å². The summed E-state index contributed by atoms with van der Waals surface area (Å²) in [6.07, 6.45) is 0. The van der Waals surface area contributed by atoms with Gasteiger partial charge in [-0.25, -0.2) is 0 Å². The minimum absolute atomic E-state index is 0.0417. The molecule has 0 fully saturated rings. The lowest BCUT2D eigenvalue weighted by atomic mass is 10.3. The Bertz CT molecular complexity index is 411. The molecule has 0 spiro atoms. The summed E-state index contributed by atoms with van der Waals surface area (Å²) < 4.78 is 21.3. The quantitative estimate of drug-likeness (QED) is 0.447. The van der Waals surface area contributed by atoms with Gasteiger partial charge in [-0.1, -0.05) is 12.1 Å². The van der Waals surface area contributed by atoms with Gasteiger partial charge in [0.15, 0.2) is 0 Å². The van der Waals surface area contributed by atoms with Crippen LogP contribution in [0.25, 0.3) is 0 Å². The highest BCUT2D eigenvalue weighted by Gasteiger charge is 2.32. The zero-order chi connectivity index (χ0) is 11.5. The predicted molar refractivity (Wildman–Crippen MR) is 54.4 cm³/mol. The second-order valence-corrected chi connectivity index (χ2v) is 4.82. The Morgan fingerprint density at radius 1 is 1.27 bits per heavy atom. The van der Waals surface area contributed by atoms with Crippen molar-refractivity contribution in [3.05, 3.63) is 34.4 Å². The van der Waals surface area contributed by atoms with Crippen molar-refractivity contribution >= 4 is 18.6 Å². The van der Waals surface area contributed by atoms with Crippen LogP contribution in [-0.2, 0) is 13.6 Å². The number of rotatable bonds is 4. The van der Waals surface area contributed by atoms with Gasteiger partial charge in [-0.05, 0) is 6.07 Å². The third-order valence-electron chi connectivity index (χ3n) is 1.85. The first kappa shape index (κ1) is 11.8. The van der Waals surface area contributed by atoms with Gasteiger partial charge in [0.05, 0.1) is 4.92 Å². The molecule has 0 amide bonds. The Balaban J connectivity index is 3.36. The van der Waals surface area contributed by atoms with Crippen molar-refractivity contribution < 1.29 is 18.5 Å². The highest BCUT2D eigenvalue weighted by molar-refractivity contribution is 7.62. The van der Waals surface area contributed by atoms with Gasteiger partial charge in [0, 0.05) is 20.3 Å². The number of benzene rings is 1. The molecule has 0 aliphatic carbocycles. The standard InChI is InChI=1S/C8H10NO5P/c1-13-15(12,14-2)8-6-4-3-5-7(8)9(10)11/h3-6H,1-2H3. The molecule has 0 radical (unpaired) electrons. The second-order valence-electron chi connectivity index (χ2n) is 2.61. The van der Waals surface area contributed by atoms with Crippen LogP contribution in [-0.4, -0.2) is 19.1 Å². The Labute approximate surface area is 86.5 Å². The summed E-state index contributed by atoms with van der Waals surface area (Å²) in [6.45, 7) is 0. The summed E-state index contributed by atoms with van der Waals surface area (Å²) >= 11 is 0. The molecule has 1 rings (SSSR count). The molecule has 15 heavy (non-hydrogen) atoms. The summed E-state index contributed by atoms with van der Waals surface area (Å²) in [4.78, 5) is 10.0. The van der Waals surface area contributed by atoms with Crippen LogP contribution in [0.2, 0.25) is 0 Å². The SMILES string of the molecule is COP(=O)(OC)c1ccccc1[N+](=O)[O-]. The molecule has 7 heteroatoms. The van der Waals surface area contributed by atoms with Gasteiger partial charge in [0.25, 0.3) is 5.69 Å². The topological polar surface area (TPSA) is 78.7 Å². The molecule has 0 saturated carbocycles. The summed E-state index contributed by atoms with van der Waals surface area (Å²) in [5.74, 6) is 0. The summed E-state index contributed by atoms with van der Waals surface area (Å²) in [6, 6.07) is 5.62. The lowest BCUT2D eigenvalue weighted by Gasteiger charge is -2.13. The van der Waals surface area contributed by atoms with E-state index in [-0.39, 0.29) is 11.0 Å². The fourth-order valence-corrected chi connectivity index (χ4v) is 2.37. The van der Waals surface area contributed by atoms with Crippen molar-refractivity contribution in [2.24, 2.45) is 0 Å². The number of para-hydroxylation sites is 1. The van der Waals surface area contributed by atoms with Crippen LogP contribution in [0.1, 0.15) is 0 Å². The highest BCUT2D eigenvalue weighted by atomic mass is 31.2. The zero-order valence-electron chi connectivity index (χ0n) is 8.25. The summed E-state index contributed by atoms with van der Waals surface area (Å²) in [5.41, 5.74) is -0.274. The number of nitrogens with zero attached hydrogens (tertiary/aromatic N) is 1. The molecule has 0 bridgehead atoms. The van der Waals surface area contributed by atoms with Crippen molar-refractivity contribution in [1.29, 1.82) is 0 Å². The Hall–Kier alpha value is -1.23. The molecule has 0 aromatic heterocycles. The fourth-order valence-electron chi connectivity index (χ4n) is 1.12. The van der Waals surface area contributed by atoms with Crippen LogP contribution >= 0.6 is 7.60 Å². The first-order valence-corrected chi connectivity index (χ1v) is 5.55. The first-order valence-electron chi connectivity index (χ1n) is 4.00. The molecular weight excluding hydrogens is 221 g/mol. The molecule has 0 saturated heterocycles. The van der Waals surface area contributed by atoms with Gasteiger partial charge >= 0.3 is 7.60 Å². The van der Waals surface area contributed by atoms with Crippen LogP contribution in [0.15, 0.2) is 24.3 Å². The third-order valence-corrected chi connectivity index (χ3v) is 3.78. The smallest absolute Gasteiger partial charge is 0.308 e. The fraction of sp³-hybridized carbons (Fsp3) is 0.250. The molecule has 0 atom stereocenters. The summed E-state index contributed by atoms with van der Waals surface area (Å²) in [5, 5.41) is 10.6. The van der Waals surface area contributed by atoms with Crippen molar-refractivity contribution in [3.63, 3.8) is 0 Å². The molecule has 0 aliphatic heterocycles. The van der Waals surface area contributed by atoms with Gasteiger partial charge in [0.2, 0.25) is 0 Å². The van der Waals surface area contributed by atoms with Crippen molar-refractivity contribution in [2.45, 2.75) is 0 Å². The minimum atomic E-state index is -3.57. The van der Waals surface area contributed by atoms with E-state index in [4.69, 9.17) is 9.05 Å². The summed E-state index contributed by atoms with van der Waals surface area (Å²) in [7, 11) is -1.20. The van der Waals surface area contributed by atoms with Gasteiger partial charge in [-0.15, -0.1) is 0 Å². The van der Waals surface area contributed by atoms with Crippen LogP contribution < -0.4 is 5.30 Å². The Morgan fingerprint density at radius 3 is 2.27 bits per heavy atom. The number of hydrogen-bond acceptors (Lipinski definition) is 5. The van der Waals surface area contributed by atoms with Crippen LogP contribution in [0.4, 0.5) is 5.69 Å². The average molecular weight is 231 g/mol. The average Bonchev–Trinajstić information content (AvgIpc) is 2.28. The van der Waals surface area contributed by atoms with E-state index in [1.54, 1.807) is 0 Å². The predicted octanol–water partition coefficient (Wildman–Crippen LogP) is 1.71. The monoisotopic (exact) mass is 231 g/mol. The normalized spacial score (nSPS) is 11.3. The van der Waals surface area contributed by atoms with E-state index in [1.807, 2.05) is 0 Å². The molecule has 0 aliphatic rings. The van der Waals surface area contributed by atoms with Gasteiger partial charge in [-0.2, -0.15) is 0 Å². The molecule has 0 N–H and O–H groups in total. The molecule has 1 aromatic carbocycles. The van der Waals surface area contributed by atoms with E-state index in [1.165, 1.54) is 38.5 Å². The largest absolute Gasteiger partial charge is 0.367 e. The molecule has 0 unspecified atom stereocenters. The maximum atomic E-state index is 11.9. The van der Waals surface area contributed by atoms with E-state index in [2.05, 4.69) is 0 Å². The Kier molecular flexibility index (Phi) is 3.57. The van der Waals surface area contributed by atoms with E-state index < -0.39 is 12.5 Å². The maximum Gasteiger partial charge on any atom is 0.367 e. The van der Waals surface area contributed by atoms with E-state index in [9.17, 15) is 14.7 Å². The van der Waals surface area contributed by atoms with Gasteiger partial charge < -0.3 is 9.05 Å². The van der Waals surface area contributed by atoms with Crippen LogP contribution in [0, 0.1) is 10.1 Å². The van der Waals surface area contributed by atoms with E-state index in [0.717, 1.165) is 0 Å². The molecular formula is C8H10NO5P.